The number of fused-ring (bicyclic) bond motifs is 1. The molecule has 0 radical (unpaired) electrons. The molecule has 13 heteroatoms. The molecule has 4 aromatic rings. The molecule has 0 bridgehead atoms. The maximum atomic E-state index is 14.8. The van der Waals surface area contributed by atoms with Crippen LogP contribution in [0.25, 0.3) is 16.6 Å². The minimum Gasteiger partial charge on any atom is -0.496 e. The number of nitrogens with zero attached hydrogens (tertiary/aromatic N) is 1. The highest BCUT2D eigenvalue weighted by Gasteiger charge is 2.22. The molecular formula is C21H12ClF3N2O6S. The van der Waals surface area contributed by atoms with Crippen LogP contribution in [-0.2, 0) is 6.61 Å². The van der Waals surface area contributed by atoms with Crippen molar-refractivity contribution in [3.8, 4) is 17.2 Å². The number of nitrogens with one attached hydrogen (secondary N) is 1. The first-order valence-corrected chi connectivity index (χ1v) is 10.5. The van der Waals surface area contributed by atoms with E-state index in [-0.39, 0.29) is 37.9 Å². The van der Waals surface area contributed by atoms with E-state index in [1.165, 1.54) is 18.6 Å². The van der Waals surface area contributed by atoms with Crippen molar-refractivity contribution in [1.29, 1.82) is 0 Å². The molecule has 0 saturated carbocycles. The van der Waals surface area contributed by atoms with Crippen molar-refractivity contribution in [2.75, 3.05) is 7.11 Å². The topological polar surface area (TPSA) is 111 Å². The van der Waals surface area contributed by atoms with Crippen LogP contribution in [0, 0.1) is 17.5 Å². The third-order valence-electron chi connectivity index (χ3n) is 4.83. The summed E-state index contributed by atoms with van der Waals surface area (Å²) in [7, 11) is 1.24. The lowest BCUT2D eigenvalue weighted by atomic mass is 10.2. The van der Waals surface area contributed by atoms with Gasteiger partial charge in [-0.1, -0.05) is 11.6 Å². The third-order valence-corrected chi connectivity index (χ3v) is 6.10. The molecule has 8 nitrogen and oxygen atoms in total. The summed E-state index contributed by atoms with van der Waals surface area (Å²) in [5, 5.41) is 9.99. The molecule has 0 aliphatic carbocycles. The van der Waals surface area contributed by atoms with Crippen molar-refractivity contribution in [2.45, 2.75) is 6.61 Å². The maximum absolute atomic E-state index is 14.8. The van der Waals surface area contributed by atoms with Crippen LogP contribution in [0.2, 0.25) is 5.02 Å². The van der Waals surface area contributed by atoms with Gasteiger partial charge >= 0.3 is 11.7 Å². The third kappa shape index (κ3) is 3.90. The number of halogens is 4. The molecule has 2 aromatic heterocycles. The fraction of sp³-hybridized carbons (Fsp3) is 0.0952. The van der Waals surface area contributed by atoms with Gasteiger partial charge in [-0.25, -0.2) is 27.3 Å². The monoisotopic (exact) mass is 512 g/mol. The molecule has 2 aromatic carbocycles. The Morgan fingerprint density at radius 2 is 1.91 bits per heavy atom. The van der Waals surface area contributed by atoms with E-state index in [1.807, 2.05) is 0 Å². The number of carbonyl (C=O) groups is 1. The van der Waals surface area contributed by atoms with Gasteiger partial charge in [0.1, 0.15) is 28.8 Å². The number of benzene rings is 2. The van der Waals surface area contributed by atoms with E-state index in [0.717, 1.165) is 29.5 Å². The molecule has 0 amide bonds. The SMILES string of the molecule is COc1ccc(F)c(F)c1COc1cc(-n2c(=O)[nH]c3csc(C(=O)O)c3c2=O)c(F)cc1Cl. The van der Waals surface area contributed by atoms with Gasteiger partial charge in [0.25, 0.3) is 5.56 Å². The molecule has 176 valence electrons. The van der Waals surface area contributed by atoms with Crippen LogP contribution in [0.5, 0.6) is 11.5 Å². The second-order valence-electron chi connectivity index (χ2n) is 6.79. The van der Waals surface area contributed by atoms with E-state index in [4.69, 9.17) is 21.1 Å². The van der Waals surface area contributed by atoms with Crippen molar-refractivity contribution in [3.05, 3.63) is 83.4 Å². The van der Waals surface area contributed by atoms with Crippen LogP contribution < -0.4 is 20.7 Å². The summed E-state index contributed by atoms with van der Waals surface area (Å²) < 4.78 is 53.4. The van der Waals surface area contributed by atoms with Crippen LogP contribution in [0.4, 0.5) is 13.2 Å². The first kappa shape index (κ1) is 23.4. The fourth-order valence-corrected chi connectivity index (χ4v) is 4.30. The van der Waals surface area contributed by atoms with Crippen LogP contribution in [0.1, 0.15) is 15.2 Å². The van der Waals surface area contributed by atoms with Crippen molar-refractivity contribution in [2.24, 2.45) is 0 Å². The summed E-state index contributed by atoms with van der Waals surface area (Å²) in [5.74, 6) is -5.15. The quantitative estimate of drug-likeness (QED) is 0.402. The molecule has 2 N–H and O–H groups in total. The minimum atomic E-state index is -1.40. The summed E-state index contributed by atoms with van der Waals surface area (Å²) >= 11 is 6.73. The van der Waals surface area contributed by atoms with E-state index in [0.29, 0.717) is 4.57 Å². The molecule has 0 spiro atoms. The minimum absolute atomic E-state index is 0.0193. The second-order valence-corrected chi connectivity index (χ2v) is 8.08. The molecule has 4 rings (SSSR count). The number of hydrogen-bond acceptors (Lipinski definition) is 6. The van der Waals surface area contributed by atoms with Crippen LogP contribution in [0.15, 0.2) is 39.2 Å². The number of carboxylic acid groups (broad SMARTS) is 1. The fourth-order valence-electron chi connectivity index (χ4n) is 3.26. The van der Waals surface area contributed by atoms with Gasteiger partial charge < -0.3 is 19.6 Å². The van der Waals surface area contributed by atoms with Gasteiger partial charge in [0.15, 0.2) is 11.6 Å². The highest BCUT2D eigenvalue weighted by Crippen LogP contribution is 2.32. The lowest BCUT2D eigenvalue weighted by Gasteiger charge is -2.14. The predicted octanol–water partition coefficient (Wildman–Crippen LogP) is 4.10. The van der Waals surface area contributed by atoms with Crippen molar-refractivity contribution < 1.29 is 32.5 Å². The number of rotatable bonds is 6. The Bertz CT molecular complexity index is 1580. The number of aromatic nitrogens is 2. The Morgan fingerprint density at radius 1 is 1.18 bits per heavy atom. The zero-order chi connectivity index (χ0) is 24.7. The van der Waals surface area contributed by atoms with Crippen LogP contribution in [0.3, 0.4) is 0 Å². The molecule has 34 heavy (non-hydrogen) atoms. The molecule has 0 aliphatic rings. The zero-order valence-electron chi connectivity index (χ0n) is 16.9. The zero-order valence-corrected chi connectivity index (χ0v) is 18.5. The van der Waals surface area contributed by atoms with Crippen LogP contribution in [-0.4, -0.2) is 27.7 Å². The number of H-pyrrole nitrogens is 1. The maximum Gasteiger partial charge on any atom is 0.346 e. The van der Waals surface area contributed by atoms with E-state index < -0.39 is 47.0 Å². The highest BCUT2D eigenvalue weighted by molar-refractivity contribution is 7.13. The van der Waals surface area contributed by atoms with Gasteiger partial charge in [0.05, 0.1) is 34.3 Å². The number of aromatic carboxylic acids is 1. The molecule has 0 aliphatic heterocycles. The van der Waals surface area contributed by atoms with Gasteiger partial charge in [0.2, 0.25) is 0 Å². The number of methoxy groups -OCH3 is 1. The highest BCUT2D eigenvalue weighted by atomic mass is 35.5. The van der Waals surface area contributed by atoms with E-state index in [9.17, 15) is 32.7 Å². The summed E-state index contributed by atoms with van der Waals surface area (Å²) in [4.78, 5) is 38.9. The molecule has 2 heterocycles. The van der Waals surface area contributed by atoms with E-state index in [2.05, 4.69) is 4.98 Å². The Labute approximate surface area is 196 Å². The van der Waals surface area contributed by atoms with Gasteiger partial charge in [-0.3, -0.25) is 4.79 Å². The average molecular weight is 513 g/mol. The normalized spacial score (nSPS) is 11.1. The van der Waals surface area contributed by atoms with Gasteiger partial charge in [-0.05, 0) is 18.2 Å². The lowest BCUT2D eigenvalue weighted by molar-refractivity contribution is 0.0704. The summed E-state index contributed by atoms with van der Waals surface area (Å²) in [6, 6.07) is 3.72. The standard InChI is InChI=1S/C21H12ClF3N2O6S/c1-32-14-3-2-10(23)17(25)8(14)6-33-15-5-13(11(24)4-9(15)22)27-19(28)16-12(26-21(27)31)7-34-18(16)20(29)30/h2-5,7H,6H2,1H3,(H,26,31)(H,29,30). The van der Waals surface area contributed by atoms with Gasteiger partial charge in [0, 0.05) is 11.4 Å². The second kappa shape index (κ2) is 8.88. The van der Waals surface area contributed by atoms with E-state index >= 15 is 0 Å². The molecule has 0 atom stereocenters. The lowest BCUT2D eigenvalue weighted by Crippen LogP contribution is -2.34. The molecular weight excluding hydrogens is 501 g/mol. The molecule has 0 saturated heterocycles. The van der Waals surface area contributed by atoms with Crippen LogP contribution >= 0.6 is 22.9 Å². The van der Waals surface area contributed by atoms with Gasteiger partial charge in [-0.15, -0.1) is 11.3 Å². The van der Waals surface area contributed by atoms with Crippen molar-refractivity contribution in [1.82, 2.24) is 9.55 Å². The largest absolute Gasteiger partial charge is 0.496 e. The molecule has 0 fully saturated rings. The Kier molecular flexibility index (Phi) is 6.11. The number of hydrogen-bond donors (Lipinski definition) is 2. The number of carboxylic acids is 1. The Balaban J connectivity index is 1.83. The van der Waals surface area contributed by atoms with E-state index in [1.54, 1.807) is 0 Å². The number of thiophene rings is 1. The van der Waals surface area contributed by atoms with Crippen molar-refractivity contribution in [3.63, 3.8) is 0 Å². The van der Waals surface area contributed by atoms with Gasteiger partial charge in [-0.2, -0.15) is 0 Å². The smallest absolute Gasteiger partial charge is 0.346 e. The summed E-state index contributed by atoms with van der Waals surface area (Å²) in [5.41, 5.74) is -3.03. The first-order chi connectivity index (χ1) is 16.1. The number of aromatic amines is 1. The Hall–Kier alpha value is -3.77. The Morgan fingerprint density at radius 3 is 2.59 bits per heavy atom. The summed E-state index contributed by atoms with van der Waals surface area (Å²) in [6.45, 7) is -0.588. The average Bonchev–Trinajstić information content (AvgIpc) is 3.21. The van der Waals surface area contributed by atoms with Crippen molar-refractivity contribution >= 4 is 39.8 Å². The molecule has 0 unspecified atom stereocenters. The predicted molar refractivity (Wildman–Crippen MR) is 117 cm³/mol. The number of ether oxygens (including phenoxy) is 2. The summed E-state index contributed by atoms with van der Waals surface area (Å²) in [6.07, 6.45) is 0. The first-order valence-electron chi connectivity index (χ1n) is 9.27.